The molecule has 2 atom stereocenters. The molecule has 7 heteroatoms. The number of rotatable bonds is 6. The van der Waals surface area contributed by atoms with E-state index >= 15 is 0 Å². The van der Waals surface area contributed by atoms with Gasteiger partial charge >= 0.3 is 37.7 Å². The number of hydrogen-bond acceptors (Lipinski definition) is 6. The molecule has 2 N–H and O–H groups in total. The van der Waals surface area contributed by atoms with Gasteiger partial charge in [0, 0.05) is 0 Å². The van der Waals surface area contributed by atoms with Crippen molar-refractivity contribution in [3.8, 4) is 0 Å². The standard InChI is InChI=1S/2C6H12O3.Ca/c2*1-4(2)3-5(7)6(8)9;/h2*4-5,7H,3H2,1-2H3,(H,8,9);/q;;+2/p-2/t2*5-;/m00./s1. The number of aliphatic hydroxyl groups excluding tert-OH is 2. The zero-order valence-electron chi connectivity index (χ0n) is 12.0. The van der Waals surface area contributed by atoms with Crippen LogP contribution in [0.1, 0.15) is 40.5 Å². The molecule has 0 saturated carbocycles. The Kier molecular flexibility index (Phi) is 16.7. The second kappa shape index (κ2) is 13.1. The van der Waals surface area contributed by atoms with Gasteiger partial charge in [-0.2, -0.15) is 0 Å². The van der Waals surface area contributed by atoms with Crippen molar-refractivity contribution in [1.29, 1.82) is 0 Å². The predicted octanol–water partition coefficient (Wildman–Crippen LogP) is -2.09. The fourth-order valence-electron chi connectivity index (χ4n) is 1.09. The Morgan fingerprint density at radius 3 is 1.11 bits per heavy atom. The molecule has 0 heterocycles. The van der Waals surface area contributed by atoms with Crippen LogP contribution in [-0.2, 0) is 9.59 Å². The van der Waals surface area contributed by atoms with Gasteiger partial charge in [0.1, 0.15) is 0 Å². The van der Waals surface area contributed by atoms with E-state index in [1.807, 2.05) is 27.7 Å². The average molecular weight is 302 g/mol. The topological polar surface area (TPSA) is 121 Å². The molecule has 0 bridgehead atoms. The quantitative estimate of drug-likeness (QED) is 0.543. The summed E-state index contributed by atoms with van der Waals surface area (Å²) in [7, 11) is 0. The van der Waals surface area contributed by atoms with Crippen LogP contribution in [0, 0.1) is 11.8 Å². The van der Waals surface area contributed by atoms with Crippen LogP contribution >= 0.6 is 0 Å². The van der Waals surface area contributed by atoms with Crippen molar-refractivity contribution in [2.24, 2.45) is 11.8 Å². The number of carbonyl (C=O) groups is 2. The first-order valence-electron chi connectivity index (χ1n) is 5.85. The maximum absolute atomic E-state index is 9.87. The summed E-state index contributed by atoms with van der Waals surface area (Å²) in [4.78, 5) is 19.7. The summed E-state index contributed by atoms with van der Waals surface area (Å²) in [6.45, 7) is 7.36. The summed E-state index contributed by atoms with van der Waals surface area (Å²) >= 11 is 0. The van der Waals surface area contributed by atoms with Crippen LogP contribution < -0.4 is 10.2 Å². The SMILES string of the molecule is CC(C)C[C@H](O)C(=O)[O-].CC(C)C[C@H](O)C(=O)[O-].[Ca+2]. The van der Waals surface area contributed by atoms with Crippen LogP contribution in [0.25, 0.3) is 0 Å². The fourth-order valence-corrected chi connectivity index (χ4v) is 1.09. The van der Waals surface area contributed by atoms with Gasteiger partial charge in [0.25, 0.3) is 0 Å². The number of aliphatic hydroxyl groups is 2. The van der Waals surface area contributed by atoms with Crippen LogP contribution in [0.5, 0.6) is 0 Å². The number of carboxylic acids is 2. The van der Waals surface area contributed by atoms with Crippen molar-refractivity contribution in [1.82, 2.24) is 0 Å². The van der Waals surface area contributed by atoms with E-state index in [4.69, 9.17) is 10.2 Å². The van der Waals surface area contributed by atoms with E-state index in [0.29, 0.717) is 0 Å². The zero-order chi connectivity index (χ0) is 14.9. The Labute approximate surface area is 143 Å². The number of carboxylic acid groups (broad SMARTS) is 2. The summed E-state index contributed by atoms with van der Waals surface area (Å²) in [5.74, 6) is -2.39. The van der Waals surface area contributed by atoms with Gasteiger partial charge in [-0.3, -0.25) is 0 Å². The van der Waals surface area contributed by atoms with Crippen molar-refractivity contribution in [2.45, 2.75) is 52.7 Å². The van der Waals surface area contributed by atoms with Gasteiger partial charge in [0.05, 0.1) is 24.1 Å². The monoisotopic (exact) mass is 302 g/mol. The molecule has 0 aromatic carbocycles. The minimum absolute atomic E-state index is 0. The molecule has 0 aliphatic heterocycles. The number of hydrogen-bond donors (Lipinski definition) is 2. The summed E-state index contributed by atoms with van der Waals surface area (Å²) in [6.07, 6.45) is -2.07. The first kappa shape index (κ1) is 24.2. The molecule has 0 unspecified atom stereocenters. The molecule has 6 nitrogen and oxygen atoms in total. The Balaban J connectivity index is -0.000000256. The fraction of sp³-hybridized carbons (Fsp3) is 0.833. The van der Waals surface area contributed by atoms with Gasteiger partial charge in [0.15, 0.2) is 0 Å². The third-order valence-electron chi connectivity index (χ3n) is 1.93. The van der Waals surface area contributed by atoms with Crippen molar-refractivity contribution in [3.05, 3.63) is 0 Å². The molecule has 0 radical (unpaired) electrons. The Morgan fingerprint density at radius 2 is 1.05 bits per heavy atom. The molecule has 0 amide bonds. The van der Waals surface area contributed by atoms with Gasteiger partial charge in [-0.25, -0.2) is 0 Å². The number of carbonyl (C=O) groups excluding carboxylic acids is 2. The van der Waals surface area contributed by atoms with Crippen LogP contribution in [0.3, 0.4) is 0 Å². The molecule has 0 aromatic rings. The molecule has 0 aliphatic carbocycles. The Bertz CT molecular complexity index is 229. The summed E-state index contributed by atoms with van der Waals surface area (Å²) < 4.78 is 0. The van der Waals surface area contributed by atoms with Crippen molar-refractivity contribution >= 4 is 49.7 Å². The van der Waals surface area contributed by atoms with Gasteiger partial charge in [-0.15, -0.1) is 0 Å². The smallest absolute Gasteiger partial charge is 0.547 e. The second-order valence-corrected chi connectivity index (χ2v) is 4.93. The van der Waals surface area contributed by atoms with Crippen molar-refractivity contribution in [3.63, 3.8) is 0 Å². The second-order valence-electron chi connectivity index (χ2n) is 4.93. The molecule has 19 heavy (non-hydrogen) atoms. The predicted molar refractivity (Wildman–Crippen MR) is 66.7 cm³/mol. The largest absolute Gasteiger partial charge is 2.00 e. The molecular weight excluding hydrogens is 280 g/mol. The van der Waals surface area contributed by atoms with E-state index in [9.17, 15) is 19.8 Å². The van der Waals surface area contributed by atoms with E-state index in [-0.39, 0.29) is 62.4 Å². The molecule has 0 spiro atoms. The van der Waals surface area contributed by atoms with E-state index in [1.54, 1.807) is 0 Å². The number of aliphatic carboxylic acids is 2. The normalized spacial score (nSPS) is 13.1. The molecule has 0 aromatic heterocycles. The van der Waals surface area contributed by atoms with E-state index in [2.05, 4.69) is 0 Å². The van der Waals surface area contributed by atoms with Crippen LogP contribution in [0.4, 0.5) is 0 Å². The van der Waals surface area contributed by atoms with E-state index < -0.39 is 24.1 Å². The van der Waals surface area contributed by atoms with Crippen molar-refractivity contribution in [2.75, 3.05) is 0 Å². The van der Waals surface area contributed by atoms with Gasteiger partial charge in [0.2, 0.25) is 0 Å². The molecule has 0 rings (SSSR count). The maximum atomic E-state index is 9.87. The zero-order valence-corrected chi connectivity index (χ0v) is 14.2. The molecule has 0 aliphatic rings. The molecular formula is C12H22CaO6. The minimum Gasteiger partial charge on any atom is -0.547 e. The van der Waals surface area contributed by atoms with Gasteiger partial charge < -0.3 is 30.0 Å². The van der Waals surface area contributed by atoms with Crippen LogP contribution in [0.2, 0.25) is 0 Å². The summed E-state index contributed by atoms with van der Waals surface area (Å²) in [6, 6.07) is 0. The van der Waals surface area contributed by atoms with Gasteiger partial charge in [-0.1, -0.05) is 27.7 Å². The first-order chi connectivity index (χ1) is 8.07. The van der Waals surface area contributed by atoms with Crippen LogP contribution in [0.15, 0.2) is 0 Å². The summed E-state index contributed by atoms with van der Waals surface area (Å²) in [5, 5.41) is 37.0. The average Bonchev–Trinajstić information content (AvgIpc) is 2.16. The molecule has 0 fully saturated rings. The van der Waals surface area contributed by atoms with Crippen LogP contribution in [-0.4, -0.2) is 72.1 Å². The third kappa shape index (κ3) is 18.1. The van der Waals surface area contributed by atoms with Crippen molar-refractivity contribution < 1.29 is 30.0 Å². The molecule has 108 valence electrons. The van der Waals surface area contributed by atoms with E-state index in [0.717, 1.165) is 0 Å². The van der Waals surface area contributed by atoms with E-state index in [1.165, 1.54) is 0 Å². The Hall–Kier alpha value is 0.120. The Morgan fingerprint density at radius 1 is 0.842 bits per heavy atom. The third-order valence-corrected chi connectivity index (χ3v) is 1.93. The first-order valence-corrected chi connectivity index (χ1v) is 5.85. The minimum atomic E-state index is -1.39. The summed E-state index contributed by atoms with van der Waals surface area (Å²) in [5.41, 5.74) is 0. The maximum Gasteiger partial charge on any atom is 2.00 e. The molecule has 0 saturated heterocycles. The van der Waals surface area contributed by atoms with Gasteiger partial charge in [-0.05, 0) is 24.7 Å².